The van der Waals surface area contributed by atoms with Crippen LogP contribution in [0.3, 0.4) is 0 Å². The van der Waals surface area contributed by atoms with E-state index in [1.54, 1.807) is 4.90 Å². The van der Waals surface area contributed by atoms with Crippen molar-refractivity contribution in [1.82, 2.24) is 9.88 Å². The molecule has 1 saturated heterocycles. The quantitative estimate of drug-likeness (QED) is 0.929. The second-order valence-corrected chi connectivity index (χ2v) is 6.55. The van der Waals surface area contributed by atoms with Gasteiger partial charge in [0.1, 0.15) is 4.34 Å². The molecule has 1 fully saturated rings. The van der Waals surface area contributed by atoms with E-state index < -0.39 is 0 Å². The number of hydrogen-bond donors (Lipinski definition) is 1. The monoisotopic (exact) mass is 315 g/mol. The highest BCUT2D eigenvalue weighted by Gasteiger charge is 2.28. The lowest BCUT2D eigenvalue weighted by Crippen LogP contribution is -2.43. The first-order chi connectivity index (χ1) is 9.60. The number of nitrogens with one attached hydrogen (secondary N) is 1. The Morgan fingerprint density at radius 3 is 3.05 bits per heavy atom. The smallest absolute Gasteiger partial charge is 0.231 e. The summed E-state index contributed by atoms with van der Waals surface area (Å²) in [6, 6.07) is 0. The van der Waals surface area contributed by atoms with Crippen molar-refractivity contribution in [3.63, 3.8) is 0 Å². The summed E-state index contributed by atoms with van der Waals surface area (Å²) in [5.74, 6) is -0.0976. The molecular formula is C13H18ClN3O2S. The molecule has 110 valence electrons. The van der Waals surface area contributed by atoms with E-state index in [2.05, 4.69) is 10.3 Å². The van der Waals surface area contributed by atoms with Crippen LogP contribution in [0.25, 0.3) is 0 Å². The number of rotatable bonds is 4. The third-order valence-electron chi connectivity index (χ3n) is 3.32. The fourth-order valence-electron chi connectivity index (χ4n) is 2.31. The Kier molecular flexibility index (Phi) is 5.37. The molecule has 0 aromatic carbocycles. The largest absolute Gasteiger partial charge is 0.342 e. The van der Waals surface area contributed by atoms with E-state index in [0.29, 0.717) is 22.4 Å². The Balaban J connectivity index is 1.91. The van der Waals surface area contributed by atoms with Gasteiger partial charge in [0.15, 0.2) is 5.13 Å². The number of halogens is 1. The van der Waals surface area contributed by atoms with Crippen LogP contribution in [0.15, 0.2) is 6.20 Å². The normalized spacial score (nSPS) is 18.9. The van der Waals surface area contributed by atoms with E-state index >= 15 is 0 Å². The fourth-order valence-corrected chi connectivity index (χ4v) is 3.12. The third-order valence-corrected chi connectivity index (χ3v) is 4.35. The van der Waals surface area contributed by atoms with E-state index in [0.717, 1.165) is 25.8 Å². The van der Waals surface area contributed by atoms with Crippen LogP contribution in [0.1, 0.15) is 32.6 Å². The number of thiazole rings is 1. The molecule has 0 radical (unpaired) electrons. The minimum atomic E-state index is -0.160. The molecule has 7 heteroatoms. The van der Waals surface area contributed by atoms with Crippen LogP contribution < -0.4 is 5.32 Å². The van der Waals surface area contributed by atoms with Gasteiger partial charge in [0.25, 0.3) is 0 Å². The molecule has 0 saturated carbocycles. The maximum absolute atomic E-state index is 12.2. The van der Waals surface area contributed by atoms with Gasteiger partial charge in [0.2, 0.25) is 11.8 Å². The molecule has 0 spiro atoms. The van der Waals surface area contributed by atoms with Crippen molar-refractivity contribution in [3.05, 3.63) is 10.5 Å². The summed E-state index contributed by atoms with van der Waals surface area (Å²) in [6.07, 6.45) is 4.58. The van der Waals surface area contributed by atoms with Gasteiger partial charge in [-0.3, -0.25) is 9.59 Å². The summed E-state index contributed by atoms with van der Waals surface area (Å²) in [5, 5.41) is 3.28. The van der Waals surface area contributed by atoms with Crippen molar-refractivity contribution in [2.24, 2.45) is 5.92 Å². The van der Waals surface area contributed by atoms with Gasteiger partial charge in [-0.05, 0) is 19.3 Å². The summed E-state index contributed by atoms with van der Waals surface area (Å²) in [5.41, 5.74) is 0. The van der Waals surface area contributed by atoms with Crippen LogP contribution >= 0.6 is 22.9 Å². The van der Waals surface area contributed by atoms with Crippen LogP contribution in [0.5, 0.6) is 0 Å². The highest BCUT2D eigenvalue weighted by Crippen LogP contribution is 2.24. The van der Waals surface area contributed by atoms with E-state index in [9.17, 15) is 9.59 Å². The molecule has 0 bridgehead atoms. The van der Waals surface area contributed by atoms with Crippen molar-refractivity contribution in [3.8, 4) is 0 Å². The van der Waals surface area contributed by atoms with Gasteiger partial charge in [-0.1, -0.05) is 29.9 Å². The van der Waals surface area contributed by atoms with Crippen molar-refractivity contribution < 1.29 is 9.59 Å². The topological polar surface area (TPSA) is 62.3 Å². The highest BCUT2D eigenvalue weighted by molar-refractivity contribution is 7.19. The Hall–Kier alpha value is -1.14. The highest BCUT2D eigenvalue weighted by atomic mass is 35.5. The number of likely N-dealkylation sites (tertiary alicyclic amines) is 1. The Morgan fingerprint density at radius 2 is 2.40 bits per heavy atom. The molecule has 1 aromatic heterocycles. The zero-order valence-corrected chi connectivity index (χ0v) is 13.0. The number of hydrogen-bond acceptors (Lipinski definition) is 4. The van der Waals surface area contributed by atoms with E-state index in [1.807, 2.05) is 6.92 Å². The second-order valence-electron chi connectivity index (χ2n) is 4.89. The molecule has 1 unspecified atom stereocenters. The zero-order chi connectivity index (χ0) is 14.5. The van der Waals surface area contributed by atoms with E-state index in [-0.39, 0.29) is 17.7 Å². The van der Waals surface area contributed by atoms with Gasteiger partial charge in [0.05, 0.1) is 12.1 Å². The summed E-state index contributed by atoms with van der Waals surface area (Å²) in [7, 11) is 0. The number of carbonyl (C=O) groups excluding carboxylic acids is 2. The first kappa shape index (κ1) is 15.3. The van der Waals surface area contributed by atoms with Crippen molar-refractivity contribution in [2.75, 3.05) is 18.4 Å². The summed E-state index contributed by atoms with van der Waals surface area (Å²) in [4.78, 5) is 29.9. The summed E-state index contributed by atoms with van der Waals surface area (Å²) < 4.78 is 0.545. The van der Waals surface area contributed by atoms with Crippen molar-refractivity contribution >= 4 is 39.9 Å². The van der Waals surface area contributed by atoms with Gasteiger partial charge < -0.3 is 10.2 Å². The molecule has 2 heterocycles. The molecule has 1 aliphatic rings. The summed E-state index contributed by atoms with van der Waals surface area (Å²) in [6.45, 7) is 3.24. The Morgan fingerprint density at radius 1 is 1.60 bits per heavy atom. The number of piperidine rings is 1. The molecule has 1 aromatic rings. The van der Waals surface area contributed by atoms with Crippen LogP contribution in [0.4, 0.5) is 5.13 Å². The van der Waals surface area contributed by atoms with E-state index in [4.69, 9.17) is 11.6 Å². The molecule has 2 amide bonds. The van der Waals surface area contributed by atoms with Crippen LogP contribution in [0.2, 0.25) is 4.34 Å². The predicted octanol–water partition coefficient (Wildman–Crippen LogP) is 2.77. The van der Waals surface area contributed by atoms with Crippen LogP contribution in [-0.4, -0.2) is 34.8 Å². The predicted molar refractivity (Wildman–Crippen MR) is 80.0 cm³/mol. The number of carbonyl (C=O) groups is 2. The number of anilines is 1. The molecular weight excluding hydrogens is 298 g/mol. The molecule has 5 nitrogen and oxygen atoms in total. The average molecular weight is 316 g/mol. The lowest BCUT2D eigenvalue weighted by atomic mass is 9.97. The lowest BCUT2D eigenvalue weighted by molar-refractivity contribution is -0.134. The first-order valence-corrected chi connectivity index (χ1v) is 7.99. The fraction of sp³-hybridized carbons (Fsp3) is 0.615. The van der Waals surface area contributed by atoms with Crippen LogP contribution in [0, 0.1) is 5.92 Å². The molecule has 2 rings (SSSR count). The Labute approximate surface area is 127 Å². The van der Waals surface area contributed by atoms with Crippen LogP contribution in [-0.2, 0) is 9.59 Å². The van der Waals surface area contributed by atoms with Crippen molar-refractivity contribution in [1.29, 1.82) is 0 Å². The minimum absolute atomic E-state index is 0.0787. The third kappa shape index (κ3) is 3.93. The SMILES string of the molecule is CCCC(=O)N1CCCC(C(=O)Nc2ncc(Cl)s2)C1. The Bertz CT molecular complexity index is 492. The molecule has 0 aliphatic carbocycles. The maximum Gasteiger partial charge on any atom is 0.231 e. The minimum Gasteiger partial charge on any atom is -0.342 e. The zero-order valence-electron chi connectivity index (χ0n) is 11.4. The van der Waals surface area contributed by atoms with Crippen molar-refractivity contribution in [2.45, 2.75) is 32.6 Å². The van der Waals surface area contributed by atoms with Gasteiger partial charge in [0, 0.05) is 19.5 Å². The molecule has 1 N–H and O–H groups in total. The second kappa shape index (κ2) is 7.04. The van der Waals surface area contributed by atoms with Gasteiger partial charge in [-0.15, -0.1) is 0 Å². The molecule has 20 heavy (non-hydrogen) atoms. The van der Waals surface area contributed by atoms with Gasteiger partial charge in [-0.2, -0.15) is 0 Å². The lowest BCUT2D eigenvalue weighted by Gasteiger charge is -2.31. The first-order valence-electron chi connectivity index (χ1n) is 6.80. The van der Waals surface area contributed by atoms with E-state index in [1.165, 1.54) is 17.5 Å². The molecule has 1 atom stereocenters. The number of nitrogens with zero attached hydrogens (tertiary/aromatic N) is 2. The van der Waals surface area contributed by atoms with Gasteiger partial charge >= 0.3 is 0 Å². The van der Waals surface area contributed by atoms with Gasteiger partial charge in [-0.25, -0.2) is 4.98 Å². The molecule has 1 aliphatic heterocycles. The number of aromatic nitrogens is 1. The summed E-state index contributed by atoms with van der Waals surface area (Å²) >= 11 is 7.02. The maximum atomic E-state index is 12.2. The number of amides is 2. The standard InChI is InChI=1S/C13H18ClN3O2S/c1-2-4-11(18)17-6-3-5-9(8-17)12(19)16-13-15-7-10(14)20-13/h7,9H,2-6,8H2,1H3,(H,15,16,19). The average Bonchev–Trinajstić information content (AvgIpc) is 2.84.